The van der Waals surface area contributed by atoms with E-state index >= 15 is 0 Å². The average Bonchev–Trinajstić information content (AvgIpc) is 3.60. The molecule has 3 aromatic rings. The molecule has 2 aliphatic rings. The number of amides is 3. The molecule has 2 aliphatic heterocycles. The summed E-state index contributed by atoms with van der Waals surface area (Å²) in [6.45, 7) is 4.77. The third-order valence-electron chi connectivity index (χ3n) is 6.40. The number of nitrogens with one attached hydrogen (secondary N) is 1. The maximum absolute atomic E-state index is 13.0. The molecular weight excluding hydrogens is 452 g/mol. The Labute approximate surface area is 202 Å². The van der Waals surface area contributed by atoms with Crippen LogP contribution in [0.15, 0.2) is 52.6 Å². The first-order chi connectivity index (χ1) is 16.7. The quantitative estimate of drug-likeness (QED) is 0.603. The van der Waals surface area contributed by atoms with Gasteiger partial charge in [0, 0.05) is 56.8 Å². The van der Waals surface area contributed by atoms with Gasteiger partial charge in [-0.2, -0.15) is 0 Å². The molecule has 5 rings (SSSR count). The summed E-state index contributed by atoms with van der Waals surface area (Å²) in [5, 5.41) is 5.62. The molecule has 0 aliphatic carbocycles. The summed E-state index contributed by atoms with van der Waals surface area (Å²) in [7, 11) is 0. The number of hydrogen-bond donors (Lipinski definition) is 1. The second-order valence-electron chi connectivity index (χ2n) is 8.54. The Bertz CT molecular complexity index is 1090. The van der Waals surface area contributed by atoms with E-state index in [0.717, 1.165) is 36.8 Å². The highest BCUT2D eigenvalue weighted by Gasteiger charge is 2.30. The lowest BCUT2D eigenvalue weighted by Crippen LogP contribution is -2.54. The first-order valence-corrected chi connectivity index (χ1v) is 12.5. The normalized spacial score (nSPS) is 17.1. The molecule has 2 saturated heterocycles. The van der Waals surface area contributed by atoms with Crippen molar-refractivity contribution in [3.63, 3.8) is 0 Å². The van der Waals surface area contributed by atoms with E-state index in [9.17, 15) is 9.59 Å². The van der Waals surface area contributed by atoms with Gasteiger partial charge in [-0.1, -0.05) is 6.07 Å². The van der Waals surface area contributed by atoms with Gasteiger partial charge in [0.1, 0.15) is 17.3 Å². The number of pyridine rings is 1. The lowest BCUT2D eigenvalue weighted by atomic mass is 9.98. The molecule has 2 fully saturated rings. The monoisotopic (exact) mass is 480 g/mol. The number of thiazole rings is 1. The van der Waals surface area contributed by atoms with Crippen LogP contribution in [0.1, 0.15) is 40.0 Å². The maximum atomic E-state index is 13.0. The third kappa shape index (κ3) is 5.06. The van der Waals surface area contributed by atoms with Gasteiger partial charge < -0.3 is 24.4 Å². The van der Waals surface area contributed by atoms with Crippen molar-refractivity contribution in [2.24, 2.45) is 0 Å². The number of hydrogen-bond acceptors (Lipinski definition) is 7. The van der Waals surface area contributed by atoms with Gasteiger partial charge >= 0.3 is 6.03 Å². The molecule has 0 saturated carbocycles. The third-order valence-corrected chi connectivity index (χ3v) is 7.40. The number of nitrogens with zero attached hydrogens (tertiary/aromatic N) is 5. The van der Waals surface area contributed by atoms with Crippen molar-refractivity contribution in [1.29, 1.82) is 0 Å². The number of urea groups is 1. The largest absolute Gasteiger partial charge is 0.467 e. The molecule has 3 amide bonds. The van der Waals surface area contributed by atoms with E-state index in [1.54, 1.807) is 18.5 Å². The van der Waals surface area contributed by atoms with Gasteiger partial charge in [-0.25, -0.2) is 14.8 Å². The molecule has 0 unspecified atom stereocenters. The predicted octanol–water partition coefficient (Wildman–Crippen LogP) is 3.18. The van der Waals surface area contributed by atoms with E-state index in [4.69, 9.17) is 4.42 Å². The molecule has 0 atom stereocenters. The molecule has 10 heteroatoms. The predicted molar refractivity (Wildman–Crippen MR) is 129 cm³/mol. The van der Waals surface area contributed by atoms with Crippen molar-refractivity contribution in [2.45, 2.75) is 25.3 Å². The van der Waals surface area contributed by atoms with Crippen molar-refractivity contribution in [3.8, 4) is 0 Å². The summed E-state index contributed by atoms with van der Waals surface area (Å²) < 4.78 is 5.25. The van der Waals surface area contributed by atoms with Crippen LogP contribution < -0.4 is 10.2 Å². The zero-order valence-corrected chi connectivity index (χ0v) is 19.7. The molecule has 34 heavy (non-hydrogen) atoms. The topological polar surface area (TPSA) is 94.8 Å². The smallest absolute Gasteiger partial charge is 0.320 e. The zero-order valence-electron chi connectivity index (χ0n) is 18.9. The van der Waals surface area contributed by atoms with Crippen LogP contribution in [0.2, 0.25) is 0 Å². The molecule has 5 heterocycles. The Kier molecular flexibility index (Phi) is 6.75. The number of carbonyl (C=O) groups excluding carboxylic acids is 2. The molecule has 3 aromatic heterocycles. The Hall–Kier alpha value is -3.40. The van der Waals surface area contributed by atoms with Gasteiger partial charge in [0.25, 0.3) is 5.91 Å². The number of aromatic nitrogens is 2. The minimum Gasteiger partial charge on any atom is -0.467 e. The Morgan fingerprint density at radius 1 is 1.03 bits per heavy atom. The number of carbonyl (C=O) groups is 2. The Balaban J connectivity index is 1.08. The summed E-state index contributed by atoms with van der Waals surface area (Å²) in [6.07, 6.45) is 5.11. The van der Waals surface area contributed by atoms with Crippen LogP contribution in [0.5, 0.6) is 0 Å². The summed E-state index contributed by atoms with van der Waals surface area (Å²) in [4.78, 5) is 40.6. The second-order valence-corrected chi connectivity index (χ2v) is 9.43. The summed E-state index contributed by atoms with van der Waals surface area (Å²) >= 11 is 1.52. The van der Waals surface area contributed by atoms with Crippen LogP contribution in [0.3, 0.4) is 0 Å². The van der Waals surface area contributed by atoms with E-state index in [1.165, 1.54) is 11.3 Å². The first-order valence-electron chi connectivity index (χ1n) is 11.6. The highest BCUT2D eigenvalue weighted by Crippen LogP contribution is 2.31. The molecule has 0 radical (unpaired) electrons. The van der Waals surface area contributed by atoms with Gasteiger partial charge in [0.15, 0.2) is 0 Å². The van der Waals surface area contributed by atoms with Crippen molar-refractivity contribution < 1.29 is 14.0 Å². The van der Waals surface area contributed by atoms with Crippen LogP contribution in [-0.4, -0.2) is 71.0 Å². The van der Waals surface area contributed by atoms with E-state index in [0.29, 0.717) is 44.2 Å². The number of likely N-dealkylation sites (tertiary alicyclic amines) is 1. The molecule has 0 aromatic carbocycles. The van der Waals surface area contributed by atoms with Crippen LogP contribution in [0, 0.1) is 0 Å². The highest BCUT2D eigenvalue weighted by atomic mass is 32.1. The minimum atomic E-state index is -0.198. The number of anilines is 1. The first kappa shape index (κ1) is 22.4. The van der Waals surface area contributed by atoms with Crippen molar-refractivity contribution in [1.82, 2.24) is 25.1 Å². The van der Waals surface area contributed by atoms with Crippen LogP contribution >= 0.6 is 11.3 Å². The van der Waals surface area contributed by atoms with Crippen LogP contribution in [0.25, 0.3) is 0 Å². The summed E-state index contributed by atoms with van der Waals surface area (Å²) in [5.41, 5.74) is 0.441. The lowest BCUT2D eigenvalue weighted by molar-refractivity contribution is 0.0943. The van der Waals surface area contributed by atoms with E-state index in [-0.39, 0.29) is 17.9 Å². The number of furan rings is 1. The number of piperidine rings is 1. The minimum absolute atomic E-state index is 0.122. The fourth-order valence-corrected chi connectivity index (χ4v) is 5.41. The Morgan fingerprint density at radius 3 is 2.53 bits per heavy atom. The fraction of sp³-hybridized carbons (Fsp3) is 0.417. The van der Waals surface area contributed by atoms with Crippen molar-refractivity contribution >= 4 is 29.1 Å². The van der Waals surface area contributed by atoms with Gasteiger partial charge in [-0.3, -0.25) is 4.79 Å². The highest BCUT2D eigenvalue weighted by molar-refractivity contribution is 7.09. The molecule has 0 bridgehead atoms. The van der Waals surface area contributed by atoms with Crippen LogP contribution in [0.4, 0.5) is 10.6 Å². The van der Waals surface area contributed by atoms with Gasteiger partial charge in [0.2, 0.25) is 0 Å². The SMILES string of the molecule is O=C(NCc1ccco1)c1csc(C2CCN(C(=O)N3CCN(c4ccccn4)CC3)CC2)n1. The number of rotatable bonds is 5. The average molecular weight is 481 g/mol. The molecule has 178 valence electrons. The molecule has 0 spiro atoms. The molecule has 1 N–H and O–H groups in total. The van der Waals surface area contributed by atoms with E-state index < -0.39 is 0 Å². The van der Waals surface area contributed by atoms with E-state index in [2.05, 4.69) is 20.2 Å². The fourth-order valence-electron chi connectivity index (χ4n) is 4.44. The summed E-state index contributed by atoms with van der Waals surface area (Å²) in [6, 6.07) is 9.65. The number of piperazine rings is 1. The second kappa shape index (κ2) is 10.3. The zero-order chi connectivity index (χ0) is 23.3. The van der Waals surface area contributed by atoms with Gasteiger partial charge in [-0.15, -0.1) is 11.3 Å². The van der Waals surface area contributed by atoms with Gasteiger partial charge in [-0.05, 0) is 37.1 Å². The van der Waals surface area contributed by atoms with Gasteiger partial charge in [0.05, 0.1) is 17.8 Å². The standard InChI is InChI=1S/C24H28N6O3S/c31-22(26-16-19-4-3-15-33-19)20-17-34-23(27-20)18-6-9-29(10-7-18)24(32)30-13-11-28(12-14-30)21-5-1-2-8-25-21/h1-5,8,15,17-18H,6-7,9-14,16H2,(H,26,31). The lowest BCUT2D eigenvalue weighted by Gasteiger charge is -2.39. The van der Waals surface area contributed by atoms with Crippen LogP contribution in [-0.2, 0) is 6.54 Å². The summed E-state index contributed by atoms with van der Waals surface area (Å²) in [5.74, 6) is 1.75. The van der Waals surface area contributed by atoms with E-state index in [1.807, 2.05) is 39.4 Å². The van der Waals surface area contributed by atoms with Crippen molar-refractivity contribution in [2.75, 3.05) is 44.2 Å². The maximum Gasteiger partial charge on any atom is 0.320 e. The molecule has 9 nitrogen and oxygen atoms in total. The van der Waals surface area contributed by atoms with Crippen molar-refractivity contribution in [3.05, 3.63) is 64.6 Å². The Morgan fingerprint density at radius 2 is 1.82 bits per heavy atom. The molecular formula is C24H28N6O3S.